The molecule has 0 spiro atoms. The van der Waals surface area contributed by atoms with Crippen LogP contribution in [0.15, 0.2) is 48.8 Å². The van der Waals surface area contributed by atoms with E-state index in [2.05, 4.69) is 27.6 Å². The lowest BCUT2D eigenvalue weighted by Gasteiger charge is -2.26. The fourth-order valence-corrected chi connectivity index (χ4v) is 4.92. The molecule has 1 aliphatic rings. The molecule has 0 radical (unpaired) electrons. The van der Waals surface area contributed by atoms with Crippen LogP contribution in [0, 0.1) is 19.8 Å². The van der Waals surface area contributed by atoms with Crippen LogP contribution in [0.5, 0.6) is 0 Å². The molecule has 7 nitrogen and oxygen atoms in total. The fourth-order valence-electron chi connectivity index (χ4n) is 4.92. The third kappa shape index (κ3) is 5.35. The number of aromatic nitrogens is 3. The molecule has 3 aromatic rings. The maximum atomic E-state index is 13.4. The van der Waals surface area contributed by atoms with Gasteiger partial charge in [0.05, 0.1) is 0 Å². The molecule has 34 heavy (non-hydrogen) atoms. The number of anilines is 1. The lowest BCUT2D eigenvalue weighted by molar-refractivity contribution is -0.119. The Kier molecular flexibility index (Phi) is 7.40. The maximum absolute atomic E-state index is 13.4. The number of amides is 2. The Morgan fingerprint density at radius 3 is 2.29 bits per heavy atom. The molecule has 1 aliphatic carbocycles. The number of hydrogen-bond acceptors (Lipinski definition) is 4. The van der Waals surface area contributed by atoms with E-state index in [1.165, 1.54) is 17.5 Å². The Morgan fingerprint density at radius 1 is 0.971 bits per heavy atom. The SMILES string of the molecule is Cc1ccnc(C)c1-c1ccc(NC(=O)[C@@H](NC(=O)c2ccnn2C)C2CCCCCC2)cc1. The Morgan fingerprint density at radius 2 is 1.68 bits per heavy atom. The first-order chi connectivity index (χ1) is 16.4. The monoisotopic (exact) mass is 459 g/mol. The lowest BCUT2D eigenvalue weighted by Crippen LogP contribution is -2.48. The quantitative estimate of drug-likeness (QED) is 0.518. The molecule has 4 rings (SSSR count). The molecular formula is C27H33N5O2. The Hall–Kier alpha value is -3.48. The molecule has 1 saturated carbocycles. The van der Waals surface area contributed by atoms with Gasteiger partial charge in [0.25, 0.3) is 5.91 Å². The van der Waals surface area contributed by atoms with Crippen LogP contribution in [0.4, 0.5) is 5.69 Å². The van der Waals surface area contributed by atoms with Gasteiger partial charge in [-0.25, -0.2) is 0 Å². The summed E-state index contributed by atoms with van der Waals surface area (Å²) in [7, 11) is 1.73. The third-order valence-corrected chi connectivity index (χ3v) is 6.78. The average molecular weight is 460 g/mol. The van der Waals surface area contributed by atoms with Gasteiger partial charge in [-0.2, -0.15) is 5.10 Å². The van der Waals surface area contributed by atoms with E-state index in [0.717, 1.165) is 48.1 Å². The van der Waals surface area contributed by atoms with Crippen LogP contribution in [-0.2, 0) is 11.8 Å². The highest BCUT2D eigenvalue weighted by Gasteiger charge is 2.31. The Balaban J connectivity index is 1.52. The smallest absolute Gasteiger partial charge is 0.270 e. The summed E-state index contributed by atoms with van der Waals surface area (Å²) in [4.78, 5) is 30.8. The molecule has 178 valence electrons. The molecule has 1 atom stereocenters. The summed E-state index contributed by atoms with van der Waals surface area (Å²) in [6.45, 7) is 4.07. The van der Waals surface area contributed by atoms with Gasteiger partial charge in [0.1, 0.15) is 11.7 Å². The molecule has 1 fully saturated rings. The minimum Gasteiger partial charge on any atom is -0.339 e. The number of nitrogens with zero attached hydrogens (tertiary/aromatic N) is 3. The zero-order valence-corrected chi connectivity index (χ0v) is 20.2. The zero-order chi connectivity index (χ0) is 24.1. The highest BCUT2D eigenvalue weighted by Crippen LogP contribution is 2.29. The summed E-state index contributed by atoms with van der Waals surface area (Å²) in [6, 6.07) is 10.9. The van der Waals surface area contributed by atoms with Crippen LogP contribution in [0.3, 0.4) is 0 Å². The molecule has 7 heteroatoms. The van der Waals surface area contributed by atoms with Crippen LogP contribution in [-0.4, -0.2) is 32.6 Å². The molecule has 0 bridgehead atoms. The predicted molar refractivity (Wildman–Crippen MR) is 133 cm³/mol. The second kappa shape index (κ2) is 10.6. The van der Waals surface area contributed by atoms with Crippen molar-refractivity contribution in [3.8, 4) is 11.1 Å². The van der Waals surface area contributed by atoms with E-state index in [1.807, 2.05) is 43.5 Å². The van der Waals surface area contributed by atoms with Crippen LogP contribution in [0.2, 0.25) is 0 Å². The molecule has 0 aliphatic heterocycles. The highest BCUT2D eigenvalue weighted by atomic mass is 16.2. The van der Waals surface area contributed by atoms with Crippen molar-refractivity contribution in [2.75, 3.05) is 5.32 Å². The molecular weight excluding hydrogens is 426 g/mol. The fraction of sp³-hybridized carbons (Fsp3) is 0.407. The summed E-state index contributed by atoms with van der Waals surface area (Å²) >= 11 is 0. The van der Waals surface area contributed by atoms with E-state index in [-0.39, 0.29) is 17.7 Å². The van der Waals surface area contributed by atoms with E-state index >= 15 is 0 Å². The van der Waals surface area contributed by atoms with Crippen molar-refractivity contribution in [3.63, 3.8) is 0 Å². The van der Waals surface area contributed by atoms with Crippen molar-refractivity contribution in [1.29, 1.82) is 0 Å². The summed E-state index contributed by atoms with van der Waals surface area (Å²) < 4.78 is 1.53. The maximum Gasteiger partial charge on any atom is 0.270 e. The topological polar surface area (TPSA) is 88.9 Å². The van der Waals surface area contributed by atoms with Gasteiger partial charge in [0, 0.05) is 36.4 Å². The van der Waals surface area contributed by atoms with Gasteiger partial charge < -0.3 is 10.6 Å². The summed E-state index contributed by atoms with van der Waals surface area (Å²) in [6.07, 6.45) is 9.77. The van der Waals surface area contributed by atoms with E-state index < -0.39 is 6.04 Å². The van der Waals surface area contributed by atoms with Gasteiger partial charge in [-0.3, -0.25) is 19.3 Å². The van der Waals surface area contributed by atoms with Crippen molar-refractivity contribution in [2.45, 2.75) is 58.4 Å². The molecule has 1 aromatic carbocycles. The molecule has 2 heterocycles. The first-order valence-electron chi connectivity index (χ1n) is 12.1. The first-order valence-corrected chi connectivity index (χ1v) is 12.1. The number of rotatable bonds is 6. The number of hydrogen-bond donors (Lipinski definition) is 2. The van der Waals surface area contributed by atoms with Crippen molar-refractivity contribution in [1.82, 2.24) is 20.1 Å². The standard InChI is InChI=1S/C27H33N5O2/c1-18-14-16-28-19(2)24(18)20-10-12-22(13-11-20)30-27(34)25(21-8-6-4-5-7-9-21)31-26(33)23-15-17-29-32(23)3/h10-17,21,25H,4-9H2,1-3H3,(H,30,34)(H,31,33)/t25-/m0/s1. The van der Waals surface area contributed by atoms with E-state index in [0.29, 0.717) is 11.4 Å². The Labute approximate surface area is 201 Å². The van der Waals surface area contributed by atoms with E-state index in [4.69, 9.17) is 0 Å². The van der Waals surface area contributed by atoms with Crippen molar-refractivity contribution in [3.05, 3.63) is 65.7 Å². The second-order valence-electron chi connectivity index (χ2n) is 9.20. The number of carbonyl (C=O) groups is 2. The number of carbonyl (C=O) groups excluding carboxylic acids is 2. The van der Waals surface area contributed by atoms with Crippen molar-refractivity contribution < 1.29 is 9.59 Å². The normalized spacial score (nSPS) is 15.4. The molecule has 0 saturated heterocycles. The third-order valence-electron chi connectivity index (χ3n) is 6.78. The summed E-state index contributed by atoms with van der Waals surface area (Å²) in [5, 5.41) is 10.1. The molecule has 2 aromatic heterocycles. The van der Waals surface area contributed by atoms with Crippen LogP contribution >= 0.6 is 0 Å². The minimum absolute atomic E-state index is 0.111. The highest BCUT2D eigenvalue weighted by molar-refractivity contribution is 6.00. The number of pyridine rings is 1. The van der Waals surface area contributed by atoms with Gasteiger partial charge >= 0.3 is 0 Å². The number of benzene rings is 1. The molecule has 0 unspecified atom stereocenters. The van der Waals surface area contributed by atoms with Gasteiger partial charge in [-0.05, 0) is 68.0 Å². The van der Waals surface area contributed by atoms with Crippen LogP contribution in [0.25, 0.3) is 11.1 Å². The minimum atomic E-state index is -0.594. The van der Waals surface area contributed by atoms with Gasteiger partial charge in [0.2, 0.25) is 5.91 Å². The predicted octanol–water partition coefficient (Wildman–Crippen LogP) is 4.81. The van der Waals surface area contributed by atoms with Gasteiger partial charge in [-0.1, -0.05) is 37.8 Å². The van der Waals surface area contributed by atoms with Crippen molar-refractivity contribution in [2.24, 2.45) is 13.0 Å². The van der Waals surface area contributed by atoms with Gasteiger partial charge in [0.15, 0.2) is 0 Å². The first kappa shape index (κ1) is 23.7. The lowest BCUT2D eigenvalue weighted by atomic mass is 9.91. The average Bonchev–Trinajstić information content (AvgIpc) is 3.07. The zero-order valence-electron chi connectivity index (χ0n) is 20.2. The van der Waals surface area contributed by atoms with E-state index in [1.54, 1.807) is 19.3 Å². The largest absolute Gasteiger partial charge is 0.339 e. The Bertz CT molecular complexity index is 1120. The molecule has 2 amide bonds. The molecule has 2 N–H and O–H groups in total. The summed E-state index contributed by atoms with van der Waals surface area (Å²) in [5.74, 6) is -0.342. The van der Waals surface area contributed by atoms with Crippen LogP contribution in [0.1, 0.15) is 60.3 Å². The van der Waals surface area contributed by atoms with Gasteiger partial charge in [-0.15, -0.1) is 0 Å². The van der Waals surface area contributed by atoms with Crippen LogP contribution < -0.4 is 10.6 Å². The number of aryl methyl sites for hydroxylation is 3. The number of nitrogens with one attached hydrogen (secondary N) is 2. The van der Waals surface area contributed by atoms with Crippen molar-refractivity contribution >= 4 is 17.5 Å². The summed E-state index contributed by atoms with van der Waals surface area (Å²) in [5.41, 5.74) is 5.46. The second-order valence-corrected chi connectivity index (χ2v) is 9.20. The van der Waals surface area contributed by atoms with E-state index in [9.17, 15) is 9.59 Å².